The second-order valence-corrected chi connectivity index (χ2v) is 6.56. The minimum atomic E-state index is -0.531. The second kappa shape index (κ2) is 7.13. The summed E-state index contributed by atoms with van der Waals surface area (Å²) in [6.45, 7) is 2.00. The average molecular weight is 374 g/mol. The number of hydrogen-bond donors (Lipinski definition) is 1. The Hall–Kier alpha value is -2.93. The van der Waals surface area contributed by atoms with E-state index in [1.54, 1.807) is 42.2 Å². The van der Waals surface area contributed by atoms with E-state index in [2.05, 4.69) is 5.32 Å². The maximum absolute atomic E-state index is 12.5. The predicted molar refractivity (Wildman–Crippen MR) is 98.4 cm³/mol. The van der Waals surface area contributed by atoms with Gasteiger partial charge >= 0.3 is 0 Å². The number of hydrogen-bond acceptors (Lipinski definition) is 4. The van der Waals surface area contributed by atoms with Crippen LogP contribution in [-0.4, -0.2) is 23.3 Å². The average Bonchev–Trinajstić information content (AvgIpc) is 2.99. The highest BCUT2D eigenvalue weighted by Crippen LogP contribution is 2.28. The van der Waals surface area contributed by atoms with Crippen molar-refractivity contribution >= 4 is 40.5 Å². The van der Waals surface area contributed by atoms with Crippen molar-refractivity contribution < 1.29 is 14.5 Å². The monoisotopic (exact) mass is 373 g/mol. The van der Waals surface area contributed by atoms with Crippen molar-refractivity contribution in [2.24, 2.45) is 5.92 Å². The third-order valence-electron chi connectivity index (χ3n) is 4.32. The Morgan fingerprint density at radius 3 is 2.62 bits per heavy atom. The van der Waals surface area contributed by atoms with Crippen LogP contribution in [0, 0.1) is 23.0 Å². The predicted octanol–water partition coefficient (Wildman–Crippen LogP) is 3.55. The van der Waals surface area contributed by atoms with E-state index in [1.807, 2.05) is 0 Å². The molecule has 1 heterocycles. The van der Waals surface area contributed by atoms with Crippen molar-refractivity contribution in [3.63, 3.8) is 0 Å². The van der Waals surface area contributed by atoms with Crippen LogP contribution < -0.4 is 10.2 Å². The number of aryl methyl sites for hydroxylation is 1. The molecule has 1 saturated heterocycles. The molecule has 1 aliphatic heterocycles. The van der Waals surface area contributed by atoms with Crippen molar-refractivity contribution in [2.75, 3.05) is 16.8 Å². The van der Waals surface area contributed by atoms with Gasteiger partial charge in [-0.1, -0.05) is 17.7 Å². The first-order chi connectivity index (χ1) is 12.3. The fraction of sp³-hybridized carbons (Fsp3) is 0.222. The summed E-state index contributed by atoms with van der Waals surface area (Å²) < 4.78 is 0. The zero-order chi connectivity index (χ0) is 18.8. The van der Waals surface area contributed by atoms with E-state index in [4.69, 9.17) is 11.6 Å². The standard InChI is InChI=1S/C18H16ClN3O4/c1-11-2-5-15(22(25)26)9-16(11)20-18(24)12-8-17(23)21(10-12)14-6-3-13(19)4-7-14/h2-7,9,12H,8,10H2,1H3,(H,20,24). The van der Waals surface area contributed by atoms with Gasteiger partial charge < -0.3 is 10.2 Å². The first-order valence-electron chi connectivity index (χ1n) is 7.97. The molecule has 1 aliphatic rings. The molecule has 7 nitrogen and oxygen atoms in total. The van der Waals surface area contributed by atoms with Gasteiger partial charge in [-0.25, -0.2) is 0 Å². The number of carbonyl (C=O) groups is 2. The van der Waals surface area contributed by atoms with E-state index >= 15 is 0 Å². The molecule has 1 N–H and O–H groups in total. The van der Waals surface area contributed by atoms with Gasteiger partial charge in [-0.3, -0.25) is 19.7 Å². The van der Waals surface area contributed by atoms with Gasteiger partial charge in [-0.2, -0.15) is 0 Å². The number of nitro benzene ring substituents is 1. The van der Waals surface area contributed by atoms with Crippen molar-refractivity contribution in [3.05, 3.63) is 63.2 Å². The van der Waals surface area contributed by atoms with Gasteiger partial charge in [0.2, 0.25) is 11.8 Å². The lowest BCUT2D eigenvalue weighted by molar-refractivity contribution is -0.384. The summed E-state index contributed by atoms with van der Waals surface area (Å²) in [5, 5.41) is 14.2. The summed E-state index contributed by atoms with van der Waals surface area (Å²) in [4.78, 5) is 36.7. The first kappa shape index (κ1) is 17.9. The Morgan fingerprint density at radius 2 is 1.96 bits per heavy atom. The van der Waals surface area contributed by atoms with E-state index in [-0.39, 0.29) is 30.5 Å². The van der Waals surface area contributed by atoms with Crippen molar-refractivity contribution in [2.45, 2.75) is 13.3 Å². The zero-order valence-corrected chi connectivity index (χ0v) is 14.7. The van der Waals surface area contributed by atoms with Gasteiger partial charge in [-0.05, 0) is 36.8 Å². The molecule has 2 amide bonds. The summed E-state index contributed by atoms with van der Waals surface area (Å²) in [5.41, 5.74) is 1.67. The molecule has 0 bridgehead atoms. The highest BCUT2D eigenvalue weighted by Gasteiger charge is 2.35. The van der Waals surface area contributed by atoms with Crippen LogP contribution in [0.4, 0.5) is 17.1 Å². The normalized spacial score (nSPS) is 16.6. The molecule has 8 heteroatoms. The second-order valence-electron chi connectivity index (χ2n) is 6.13. The maximum atomic E-state index is 12.5. The number of halogens is 1. The number of amides is 2. The molecule has 2 aromatic carbocycles. The third kappa shape index (κ3) is 3.67. The van der Waals surface area contributed by atoms with Gasteiger partial charge in [0.05, 0.1) is 16.5 Å². The van der Waals surface area contributed by atoms with E-state index in [0.717, 1.165) is 0 Å². The summed E-state index contributed by atoms with van der Waals surface area (Å²) in [6, 6.07) is 11.1. The Morgan fingerprint density at radius 1 is 1.27 bits per heavy atom. The minimum Gasteiger partial charge on any atom is -0.325 e. The van der Waals surface area contributed by atoms with Crippen molar-refractivity contribution in [1.82, 2.24) is 0 Å². The van der Waals surface area contributed by atoms with Crippen LogP contribution in [0.3, 0.4) is 0 Å². The molecule has 1 fully saturated rings. The number of carbonyl (C=O) groups excluding carboxylic acids is 2. The molecule has 3 rings (SSSR count). The number of anilines is 2. The van der Waals surface area contributed by atoms with Crippen LogP contribution in [0.5, 0.6) is 0 Å². The summed E-state index contributed by atoms with van der Waals surface area (Å²) in [7, 11) is 0. The van der Waals surface area contributed by atoms with Crippen LogP contribution >= 0.6 is 11.6 Å². The Balaban J connectivity index is 1.73. The van der Waals surface area contributed by atoms with Crippen molar-refractivity contribution in [3.8, 4) is 0 Å². The Kier molecular flexibility index (Phi) is 4.90. The minimum absolute atomic E-state index is 0.0857. The van der Waals surface area contributed by atoms with E-state index in [1.165, 1.54) is 12.1 Å². The highest BCUT2D eigenvalue weighted by atomic mass is 35.5. The molecular formula is C18H16ClN3O4. The highest BCUT2D eigenvalue weighted by molar-refractivity contribution is 6.30. The van der Waals surface area contributed by atoms with Crippen LogP contribution in [-0.2, 0) is 9.59 Å². The first-order valence-corrected chi connectivity index (χ1v) is 8.35. The summed E-state index contributed by atoms with van der Waals surface area (Å²) in [6.07, 6.45) is 0.0857. The smallest absolute Gasteiger partial charge is 0.271 e. The number of benzene rings is 2. The van der Waals surface area contributed by atoms with Gasteiger partial charge in [0.15, 0.2) is 0 Å². The quantitative estimate of drug-likeness (QED) is 0.655. The fourth-order valence-electron chi connectivity index (χ4n) is 2.85. The lowest BCUT2D eigenvalue weighted by Crippen LogP contribution is -2.28. The van der Waals surface area contributed by atoms with Crippen LogP contribution in [0.1, 0.15) is 12.0 Å². The Bertz CT molecular complexity index is 883. The fourth-order valence-corrected chi connectivity index (χ4v) is 2.97. The van der Waals surface area contributed by atoms with E-state index in [0.29, 0.717) is 22.0 Å². The van der Waals surface area contributed by atoms with Gasteiger partial charge in [0, 0.05) is 35.8 Å². The largest absolute Gasteiger partial charge is 0.325 e. The van der Waals surface area contributed by atoms with E-state index < -0.39 is 10.8 Å². The molecular weight excluding hydrogens is 358 g/mol. The molecule has 2 aromatic rings. The lowest BCUT2D eigenvalue weighted by atomic mass is 10.1. The Labute approximate surface area is 154 Å². The molecule has 1 atom stereocenters. The third-order valence-corrected chi connectivity index (χ3v) is 4.58. The number of nitrogens with zero attached hydrogens (tertiary/aromatic N) is 2. The van der Waals surface area contributed by atoms with E-state index in [9.17, 15) is 19.7 Å². The van der Waals surface area contributed by atoms with Gasteiger partial charge in [-0.15, -0.1) is 0 Å². The number of rotatable bonds is 4. The number of nitrogens with one attached hydrogen (secondary N) is 1. The molecule has 0 radical (unpaired) electrons. The number of non-ortho nitro benzene ring substituents is 1. The van der Waals surface area contributed by atoms with Gasteiger partial charge in [0.25, 0.3) is 5.69 Å². The summed E-state index contributed by atoms with van der Waals surface area (Å²) >= 11 is 5.86. The molecule has 134 valence electrons. The van der Waals surface area contributed by atoms with Crippen molar-refractivity contribution in [1.29, 1.82) is 0 Å². The number of nitro groups is 1. The summed E-state index contributed by atoms with van der Waals surface area (Å²) in [5.74, 6) is -1.02. The maximum Gasteiger partial charge on any atom is 0.271 e. The molecule has 26 heavy (non-hydrogen) atoms. The topological polar surface area (TPSA) is 92.5 Å². The lowest BCUT2D eigenvalue weighted by Gasteiger charge is -2.17. The van der Waals surface area contributed by atoms with Crippen LogP contribution in [0.2, 0.25) is 5.02 Å². The molecule has 0 aromatic heterocycles. The SMILES string of the molecule is Cc1ccc([N+](=O)[O-])cc1NC(=O)C1CC(=O)N(c2ccc(Cl)cc2)C1. The van der Waals surface area contributed by atoms with Crippen LogP contribution in [0.15, 0.2) is 42.5 Å². The van der Waals surface area contributed by atoms with Crippen LogP contribution in [0.25, 0.3) is 0 Å². The molecule has 0 saturated carbocycles. The van der Waals surface area contributed by atoms with Gasteiger partial charge in [0.1, 0.15) is 0 Å². The zero-order valence-electron chi connectivity index (χ0n) is 13.9. The molecule has 0 spiro atoms. The molecule has 0 aliphatic carbocycles. The molecule has 1 unspecified atom stereocenters.